The van der Waals surface area contributed by atoms with Crippen LogP contribution in [0.5, 0.6) is 0 Å². The number of carbonyl (C=O) groups excluding carboxylic acids is 2. The van der Waals surface area contributed by atoms with E-state index in [1.54, 1.807) is 6.92 Å². The predicted molar refractivity (Wildman–Crippen MR) is 88.7 cm³/mol. The number of fused-ring (bicyclic) bond motifs is 1. The molecule has 2 aromatic heterocycles. The third-order valence-electron chi connectivity index (χ3n) is 4.82. The van der Waals surface area contributed by atoms with Crippen molar-refractivity contribution in [3.8, 4) is 0 Å². The number of esters is 1. The molecule has 0 aromatic carbocycles. The van der Waals surface area contributed by atoms with Gasteiger partial charge >= 0.3 is 5.97 Å². The number of aromatic nitrogens is 2. The molecule has 0 spiro atoms. The zero-order chi connectivity index (χ0) is 17.4. The molecule has 3 heterocycles. The fourth-order valence-corrected chi connectivity index (χ4v) is 3.39. The van der Waals surface area contributed by atoms with Crippen LogP contribution in [0.2, 0.25) is 0 Å². The van der Waals surface area contributed by atoms with Gasteiger partial charge in [-0.25, -0.2) is 9.78 Å². The van der Waals surface area contributed by atoms with Crippen LogP contribution < -0.4 is 4.90 Å². The van der Waals surface area contributed by atoms with Crippen LogP contribution in [0, 0.1) is 11.8 Å². The predicted octanol–water partition coefficient (Wildman–Crippen LogP) is 2.11. The minimum absolute atomic E-state index is 0.0605. The van der Waals surface area contributed by atoms with E-state index in [2.05, 4.69) is 15.0 Å². The van der Waals surface area contributed by atoms with E-state index in [0.29, 0.717) is 17.8 Å². The highest BCUT2D eigenvalue weighted by Gasteiger charge is 2.45. The lowest BCUT2D eigenvalue weighted by Crippen LogP contribution is -2.23. The Morgan fingerprint density at radius 2 is 2.20 bits per heavy atom. The second-order valence-corrected chi connectivity index (χ2v) is 6.57. The smallest absolute Gasteiger partial charge is 0.377 e. The molecular formula is C18H19N3O4. The maximum Gasteiger partial charge on any atom is 0.377 e. The monoisotopic (exact) mass is 341 g/mol. The first-order chi connectivity index (χ1) is 12.2. The lowest BCUT2D eigenvalue weighted by Gasteiger charge is -2.19. The summed E-state index contributed by atoms with van der Waals surface area (Å²) in [6.45, 7) is 4.05. The van der Waals surface area contributed by atoms with Crippen molar-refractivity contribution in [3.05, 3.63) is 40.9 Å². The molecule has 0 radical (unpaired) electrons. The molecule has 1 saturated carbocycles. The molecule has 2 aliphatic rings. The van der Waals surface area contributed by atoms with Crippen molar-refractivity contribution in [2.24, 2.45) is 11.8 Å². The standard InChI is InChI=1S/C18H19N3O4/c1-2-24-18(23)16-7-14(20-25-16)6-11-3-4-17(19-15(11)10-22)21-8-12-5-13(12)9-21/h3-4,7,10,12-13H,2,5-6,8-9H2,1H3. The number of carbonyl (C=O) groups is 2. The van der Waals surface area contributed by atoms with Gasteiger partial charge in [-0.3, -0.25) is 4.79 Å². The van der Waals surface area contributed by atoms with Gasteiger partial charge < -0.3 is 14.2 Å². The Kier molecular flexibility index (Phi) is 3.99. The molecule has 2 aromatic rings. The normalized spacial score (nSPS) is 21.1. The topological polar surface area (TPSA) is 85.5 Å². The van der Waals surface area contributed by atoms with Crippen LogP contribution in [0.25, 0.3) is 0 Å². The zero-order valence-corrected chi connectivity index (χ0v) is 14.0. The second-order valence-electron chi connectivity index (χ2n) is 6.57. The molecule has 0 bridgehead atoms. The first kappa shape index (κ1) is 15.8. The van der Waals surface area contributed by atoms with Crippen molar-refractivity contribution in [1.29, 1.82) is 0 Å². The molecule has 1 aliphatic carbocycles. The van der Waals surface area contributed by atoms with Gasteiger partial charge in [0, 0.05) is 25.6 Å². The maximum absolute atomic E-state index is 11.6. The largest absolute Gasteiger partial charge is 0.460 e. The molecule has 1 aliphatic heterocycles. The minimum Gasteiger partial charge on any atom is -0.460 e. The Balaban J connectivity index is 1.50. The lowest BCUT2D eigenvalue weighted by atomic mass is 10.1. The van der Waals surface area contributed by atoms with Gasteiger partial charge in [-0.1, -0.05) is 11.2 Å². The number of ether oxygens (including phenoxy) is 1. The summed E-state index contributed by atoms with van der Waals surface area (Å²) in [5, 5.41) is 3.88. The molecule has 1 saturated heterocycles. The average Bonchev–Trinajstić information content (AvgIpc) is 3.02. The molecule has 2 fully saturated rings. The average molecular weight is 341 g/mol. The second kappa shape index (κ2) is 6.31. The van der Waals surface area contributed by atoms with Crippen molar-refractivity contribution in [2.45, 2.75) is 19.8 Å². The van der Waals surface area contributed by atoms with E-state index < -0.39 is 5.97 Å². The van der Waals surface area contributed by atoms with Crippen molar-refractivity contribution < 1.29 is 18.8 Å². The Hall–Kier alpha value is -2.70. The summed E-state index contributed by atoms with van der Waals surface area (Å²) < 4.78 is 9.88. The summed E-state index contributed by atoms with van der Waals surface area (Å²) in [6, 6.07) is 5.38. The quantitative estimate of drug-likeness (QED) is 0.587. The fourth-order valence-electron chi connectivity index (χ4n) is 3.39. The van der Waals surface area contributed by atoms with E-state index in [0.717, 1.165) is 42.6 Å². The third-order valence-corrected chi connectivity index (χ3v) is 4.82. The third kappa shape index (κ3) is 3.14. The van der Waals surface area contributed by atoms with Crippen LogP contribution in [0.3, 0.4) is 0 Å². The number of aldehydes is 1. The number of rotatable bonds is 6. The Labute approximate surface area is 145 Å². The summed E-state index contributed by atoms with van der Waals surface area (Å²) >= 11 is 0. The number of hydrogen-bond acceptors (Lipinski definition) is 7. The van der Waals surface area contributed by atoms with Gasteiger partial charge in [0.1, 0.15) is 11.5 Å². The number of hydrogen-bond donors (Lipinski definition) is 0. The number of nitrogens with zero attached hydrogens (tertiary/aromatic N) is 3. The molecule has 7 nitrogen and oxygen atoms in total. The summed E-state index contributed by atoms with van der Waals surface area (Å²) in [5.41, 5.74) is 1.72. The molecule has 0 N–H and O–H groups in total. The van der Waals surface area contributed by atoms with Gasteiger partial charge in [0.05, 0.1) is 12.3 Å². The van der Waals surface area contributed by atoms with Gasteiger partial charge in [-0.05, 0) is 36.8 Å². The molecule has 0 amide bonds. The van der Waals surface area contributed by atoms with E-state index in [1.165, 1.54) is 12.5 Å². The van der Waals surface area contributed by atoms with E-state index in [9.17, 15) is 9.59 Å². The number of piperidine rings is 1. The van der Waals surface area contributed by atoms with Crippen molar-refractivity contribution >= 4 is 18.1 Å². The zero-order valence-electron chi connectivity index (χ0n) is 14.0. The molecule has 2 unspecified atom stereocenters. The van der Waals surface area contributed by atoms with E-state index in [-0.39, 0.29) is 12.4 Å². The van der Waals surface area contributed by atoms with Crippen LogP contribution in [0.4, 0.5) is 5.82 Å². The molecule has 130 valence electrons. The highest BCUT2D eigenvalue weighted by molar-refractivity contribution is 5.86. The highest BCUT2D eigenvalue weighted by Crippen LogP contribution is 2.45. The van der Waals surface area contributed by atoms with Crippen molar-refractivity contribution in [2.75, 3.05) is 24.6 Å². The van der Waals surface area contributed by atoms with Crippen molar-refractivity contribution in [1.82, 2.24) is 10.1 Å². The first-order valence-corrected chi connectivity index (χ1v) is 8.50. The molecule has 25 heavy (non-hydrogen) atoms. The van der Waals surface area contributed by atoms with Gasteiger partial charge in [0.2, 0.25) is 5.76 Å². The number of pyridine rings is 1. The summed E-state index contributed by atoms with van der Waals surface area (Å²) in [5.74, 6) is 1.98. The molecular weight excluding hydrogens is 322 g/mol. The Morgan fingerprint density at radius 1 is 1.40 bits per heavy atom. The Bertz CT molecular complexity index is 806. The van der Waals surface area contributed by atoms with Gasteiger partial charge in [0.25, 0.3) is 0 Å². The first-order valence-electron chi connectivity index (χ1n) is 8.50. The van der Waals surface area contributed by atoms with E-state index >= 15 is 0 Å². The molecule has 2 atom stereocenters. The molecule has 4 rings (SSSR count). The van der Waals surface area contributed by atoms with Gasteiger partial charge in [0.15, 0.2) is 6.29 Å². The van der Waals surface area contributed by atoms with Crippen molar-refractivity contribution in [3.63, 3.8) is 0 Å². The molecule has 7 heteroatoms. The van der Waals surface area contributed by atoms with Crippen LogP contribution >= 0.6 is 0 Å². The fraction of sp³-hybridized carbons (Fsp3) is 0.444. The lowest BCUT2D eigenvalue weighted by molar-refractivity contribution is 0.0479. The summed E-state index contributed by atoms with van der Waals surface area (Å²) in [6.07, 6.45) is 2.46. The van der Waals surface area contributed by atoms with E-state index in [4.69, 9.17) is 9.26 Å². The van der Waals surface area contributed by atoms with Crippen LogP contribution in [-0.4, -0.2) is 42.1 Å². The van der Waals surface area contributed by atoms with Gasteiger partial charge in [-0.2, -0.15) is 0 Å². The maximum atomic E-state index is 11.6. The SMILES string of the molecule is CCOC(=O)c1cc(Cc2ccc(N3CC4CC4C3)nc2C=O)no1. The van der Waals surface area contributed by atoms with Crippen LogP contribution in [0.1, 0.15) is 45.6 Å². The van der Waals surface area contributed by atoms with Gasteiger partial charge in [-0.15, -0.1) is 0 Å². The van der Waals surface area contributed by atoms with E-state index in [1.807, 2.05) is 12.1 Å². The summed E-state index contributed by atoms with van der Waals surface area (Å²) in [7, 11) is 0. The highest BCUT2D eigenvalue weighted by atomic mass is 16.6. The summed E-state index contributed by atoms with van der Waals surface area (Å²) in [4.78, 5) is 29.8. The minimum atomic E-state index is -0.544. The number of anilines is 1. The van der Waals surface area contributed by atoms with Crippen LogP contribution in [-0.2, 0) is 11.2 Å². The van der Waals surface area contributed by atoms with Crippen LogP contribution in [0.15, 0.2) is 22.7 Å². The Morgan fingerprint density at radius 3 is 2.92 bits per heavy atom.